The van der Waals surface area contributed by atoms with Gasteiger partial charge in [0.15, 0.2) is 0 Å². The molecule has 0 unspecified atom stereocenters. The van der Waals surface area contributed by atoms with Crippen LogP contribution in [0.5, 0.6) is 0 Å². The first-order valence-electron chi connectivity index (χ1n) is 4.06. The van der Waals surface area contributed by atoms with Crippen molar-refractivity contribution in [3.05, 3.63) is 29.5 Å². The van der Waals surface area contributed by atoms with Crippen molar-refractivity contribution in [2.45, 2.75) is 6.92 Å². The quantitative estimate of drug-likeness (QED) is 0.606. The molecule has 1 heterocycles. The Morgan fingerprint density at radius 3 is 2.92 bits per heavy atom. The Bertz CT molecular complexity index is 503. The summed E-state index contributed by atoms with van der Waals surface area (Å²) in [6, 6.07) is 7.65. The third-order valence-electron chi connectivity index (χ3n) is 2.26. The predicted molar refractivity (Wildman–Crippen MR) is 50.2 cm³/mol. The minimum Gasteiger partial charge on any atom is -0.272 e. The van der Waals surface area contributed by atoms with E-state index in [1.54, 1.807) is 6.07 Å². The van der Waals surface area contributed by atoms with Gasteiger partial charge in [0, 0.05) is 18.1 Å². The molecule has 3 nitrogen and oxygen atoms in total. The molecule has 0 aliphatic rings. The maximum Gasteiger partial charge on any atom is 0.0991 e. The third-order valence-corrected chi connectivity index (χ3v) is 2.26. The van der Waals surface area contributed by atoms with Crippen LogP contribution in [0.2, 0.25) is 0 Å². The smallest absolute Gasteiger partial charge is 0.0991 e. The number of hydrogen-bond donors (Lipinski definition) is 0. The highest BCUT2D eigenvalue weighted by molar-refractivity contribution is 5.82. The molecule has 13 heavy (non-hydrogen) atoms. The molecule has 0 amide bonds. The lowest BCUT2D eigenvalue weighted by Gasteiger charge is -1.91. The molecule has 1 aromatic heterocycles. The van der Waals surface area contributed by atoms with Crippen LogP contribution in [0.15, 0.2) is 18.2 Å². The molecule has 2 aromatic rings. The lowest BCUT2D eigenvalue weighted by molar-refractivity contribution is 0.751. The van der Waals surface area contributed by atoms with Crippen LogP contribution in [-0.2, 0) is 7.05 Å². The number of hydrogen-bond acceptors (Lipinski definition) is 2. The van der Waals surface area contributed by atoms with E-state index in [1.807, 2.05) is 30.8 Å². The van der Waals surface area contributed by atoms with E-state index in [2.05, 4.69) is 11.2 Å². The van der Waals surface area contributed by atoms with E-state index in [1.165, 1.54) is 0 Å². The molecule has 0 atom stereocenters. The summed E-state index contributed by atoms with van der Waals surface area (Å²) in [5.41, 5.74) is 2.72. The van der Waals surface area contributed by atoms with E-state index < -0.39 is 0 Å². The van der Waals surface area contributed by atoms with Gasteiger partial charge in [0.1, 0.15) is 0 Å². The monoisotopic (exact) mass is 171 g/mol. The minimum absolute atomic E-state index is 0.684. The Labute approximate surface area is 76.2 Å². The van der Waals surface area contributed by atoms with Crippen molar-refractivity contribution in [1.29, 1.82) is 5.26 Å². The molecule has 0 bridgehead atoms. The van der Waals surface area contributed by atoms with Crippen molar-refractivity contribution in [2.75, 3.05) is 0 Å². The minimum atomic E-state index is 0.684. The standard InChI is InChI=1S/C10H9N3/c1-7-9-5-8(6-11)3-4-10(9)12-13(7)2/h3-5H,1-2H3. The number of nitriles is 1. The molecule has 0 saturated carbocycles. The molecular formula is C10H9N3. The van der Waals surface area contributed by atoms with E-state index in [-0.39, 0.29) is 0 Å². The van der Waals surface area contributed by atoms with Crippen molar-refractivity contribution in [1.82, 2.24) is 9.78 Å². The van der Waals surface area contributed by atoms with Crippen LogP contribution in [0.1, 0.15) is 11.3 Å². The van der Waals surface area contributed by atoms with Crippen LogP contribution >= 0.6 is 0 Å². The lowest BCUT2D eigenvalue weighted by Crippen LogP contribution is -1.91. The number of aryl methyl sites for hydroxylation is 2. The largest absolute Gasteiger partial charge is 0.272 e. The Morgan fingerprint density at radius 1 is 1.46 bits per heavy atom. The summed E-state index contributed by atoms with van der Waals surface area (Å²) >= 11 is 0. The second-order valence-electron chi connectivity index (χ2n) is 3.05. The molecular weight excluding hydrogens is 162 g/mol. The average Bonchev–Trinajstić information content (AvgIpc) is 2.43. The van der Waals surface area contributed by atoms with Gasteiger partial charge in [-0.05, 0) is 25.1 Å². The summed E-state index contributed by atoms with van der Waals surface area (Å²) < 4.78 is 1.83. The molecule has 0 fully saturated rings. The number of aromatic nitrogens is 2. The summed E-state index contributed by atoms with van der Waals surface area (Å²) in [6.45, 7) is 2.00. The topological polar surface area (TPSA) is 41.6 Å². The van der Waals surface area contributed by atoms with Crippen LogP contribution in [0.4, 0.5) is 0 Å². The van der Waals surface area contributed by atoms with Gasteiger partial charge in [0.2, 0.25) is 0 Å². The zero-order valence-corrected chi connectivity index (χ0v) is 7.57. The van der Waals surface area contributed by atoms with E-state index in [9.17, 15) is 0 Å². The highest BCUT2D eigenvalue weighted by Crippen LogP contribution is 2.17. The first-order valence-corrected chi connectivity index (χ1v) is 4.06. The first-order chi connectivity index (χ1) is 6.22. The van der Waals surface area contributed by atoms with Crippen LogP contribution in [0.25, 0.3) is 10.9 Å². The molecule has 0 saturated heterocycles. The zero-order valence-electron chi connectivity index (χ0n) is 7.57. The maximum absolute atomic E-state index is 8.72. The summed E-state index contributed by atoms with van der Waals surface area (Å²) in [4.78, 5) is 0. The Hall–Kier alpha value is -1.82. The van der Waals surface area contributed by atoms with Crippen LogP contribution in [0, 0.1) is 18.3 Å². The van der Waals surface area contributed by atoms with Crippen molar-refractivity contribution >= 4 is 10.9 Å². The zero-order chi connectivity index (χ0) is 9.42. The van der Waals surface area contributed by atoms with Crippen LogP contribution in [-0.4, -0.2) is 9.78 Å². The Morgan fingerprint density at radius 2 is 2.23 bits per heavy atom. The first kappa shape index (κ1) is 7.81. The van der Waals surface area contributed by atoms with Crippen molar-refractivity contribution in [2.24, 2.45) is 7.05 Å². The molecule has 2 rings (SSSR count). The molecule has 0 spiro atoms. The fourth-order valence-electron chi connectivity index (χ4n) is 1.39. The fraction of sp³-hybridized carbons (Fsp3) is 0.200. The number of benzene rings is 1. The molecule has 0 N–H and O–H groups in total. The SMILES string of the molecule is Cc1c2cc(C#N)ccc2nn1C. The van der Waals surface area contributed by atoms with Gasteiger partial charge in [0.25, 0.3) is 0 Å². The predicted octanol–water partition coefficient (Wildman–Crippen LogP) is 1.75. The summed E-state index contributed by atoms with van der Waals surface area (Å²) in [5, 5.41) is 14.1. The Balaban J connectivity index is 2.84. The van der Waals surface area contributed by atoms with Gasteiger partial charge >= 0.3 is 0 Å². The average molecular weight is 171 g/mol. The van der Waals surface area contributed by atoms with Crippen LogP contribution in [0.3, 0.4) is 0 Å². The van der Waals surface area contributed by atoms with E-state index in [4.69, 9.17) is 5.26 Å². The second-order valence-corrected chi connectivity index (χ2v) is 3.05. The van der Waals surface area contributed by atoms with Gasteiger partial charge in [-0.3, -0.25) is 4.68 Å². The van der Waals surface area contributed by atoms with Gasteiger partial charge < -0.3 is 0 Å². The van der Waals surface area contributed by atoms with E-state index in [0.717, 1.165) is 16.6 Å². The highest BCUT2D eigenvalue weighted by Gasteiger charge is 2.04. The van der Waals surface area contributed by atoms with Gasteiger partial charge in [-0.15, -0.1) is 0 Å². The molecule has 1 aromatic carbocycles. The molecule has 0 aliphatic heterocycles. The summed E-state index contributed by atoms with van der Waals surface area (Å²) in [6.07, 6.45) is 0. The van der Waals surface area contributed by atoms with Gasteiger partial charge in [-0.25, -0.2) is 0 Å². The Kier molecular flexibility index (Phi) is 1.56. The molecule has 0 radical (unpaired) electrons. The number of rotatable bonds is 0. The van der Waals surface area contributed by atoms with E-state index in [0.29, 0.717) is 5.56 Å². The number of nitrogens with zero attached hydrogens (tertiary/aromatic N) is 3. The van der Waals surface area contributed by atoms with Crippen LogP contribution < -0.4 is 0 Å². The fourth-order valence-corrected chi connectivity index (χ4v) is 1.39. The van der Waals surface area contributed by atoms with Gasteiger partial charge in [-0.2, -0.15) is 10.4 Å². The lowest BCUT2D eigenvalue weighted by atomic mass is 10.1. The summed E-state index contributed by atoms with van der Waals surface area (Å²) in [5.74, 6) is 0. The van der Waals surface area contributed by atoms with Crippen molar-refractivity contribution in [3.8, 4) is 6.07 Å². The molecule has 64 valence electrons. The van der Waals surface area contributed by atoms with Crippen molar-refractivity contribution in [3.63, 3.8) is 0 Å². The molecule has 0 aliphatic carbocycles. The van der Waals surface area contributed by atoms with Crippen molar-refractivity contribution < 1.29 is 0 Å². The normalized spacial score (nSPS) is 10.2. The third kappa shape index (κ3) is 1.07. The van der Waals surface area contributed by atoms with E-state index >= 15 is 0 Å². The number of fused-ring (bicyclic) bond motifs is 1. The highest BCUT2D eigenvalue weighted by atomic mass is 15.3. The molecule has 3 heteroatoms. The summed E-state index contributed by atoms with van der Waals surface area (Å²) in [7, 11) is 1.90. The van der Waals surface area contributed by atoms with Gasteiger partial charge in [-0.1, -0.05) is 0 Å². The second kappa shape index (κ2) is 2.60. The maximum atomic E-state index is 8.72. The van der Waals surface area contributed by atoms with Gasteiger partial charge in [0.05, 0.1) is 17.1 Å².